The van der Waals surface area contributed by atoms with E-state index in [0.717, 1.165) is 45.6 Å². The van der Waals surface area contributed by atoms with Gasteiger partial charge < -0.3 is 15.0 Å². The Morgan fingerprint density at radius 3 is 2.97 bits per heavy atom. The lowest BCUT2D eigenvalue weighted by atomic mass is 10.0. The fourth-order valence-electron chi connectivity index (χ4n) is 4.07. The van der Waals surface area contributed by atoms with E-state index in [2.05, 4.69) is 16.0 Å². The number of aromatic nitrogens is 1. The van der Waals surface area contributed by atoms with Gasteiger partial charge in [-0.1, -0.05) is 29.5 Å². The molecule has 0 spiro atoms. The van der Waals surface area contributed by atoms with Gasteiger partial charge in [-0.2, -0.15) is 5.26 Å². The topological polar surface area (TPSA) is 100 Å². The lowest BCUT2D eigenvalue weighted by molar-refractivity contribution is -0.131. The second-order valence-electron chi connectivity index (χ2n) is 7.98. The van der Waals surface area contributed by atoms with Crippen molar-refractivity contribution in [2.45, 2.75) is 25.0 Å². The number of thiazole rings is 1. The number of likely N-dealkylation sites (N-methyl/N-ethyl adjacent to an activating group) is 1. The molecule has 7 nitrogen and oxygen atoms in total. The molecule has 0 aliphatic carbocycles. The number of rotatable bonds is 6. The van der Waals surface area contributed by atoms with Crippen molar-refractivity contribution in [2.24, 2.45) is 0 Å². The van der Waals surface area contributed by atoms with E-state index in [0.29, 0.717) is 18.7 Å². The summed E-state index contributed by atoms with van der Waals surface area (Å²) >= 11 is 1.15. The molecule has 0 bridgehead atoms. The molecule has 160 valence electrons. The van der Waals surface area contributed by atoms with Crippen LogP contribution in [-0.4, -0.2) is 58.6 Å². The predicted octanol–water partition coefficient (Wildman–Crippen LogP) is 2.27. The normalized spacial score (nSPS) is 17.5. The Bertz CT molecular complexity index is 1200. The van der Waals surface area contributed by atoms with Crippen molar-refractivity contribution in [2.75, 3.05) is 26.7 Å². The van der Waals surface area contributed by atoms with E-state index < -0.39 is 0 Å². The zero-order valence-corrected chi connectivity index (χ0v) is 18.1. The van der Waals surface area contributed by atoms with Crippen LogP contribution in [0.5, 0.6) is 0 Å². The van der Waals surface area contributed by atoms with Gasteiger partial charge >= 0.3 is 4.87 Å². The van der Waals surface area contributed by atoms with Crippen LogP contribution in [0.25, 0.3) is 10.2 Å². The highest BCUT2D eigenvalue weighted by molar-refractivity contribution is 7.16. The average Bonchev–Trinajstić information content (AvgIpc) is 3.35. The third-order valence-corrected chi connectivity index (χ3v) is 6.64. The number of nitrogens with one attached hydrogen (secondary N) is 1. The molecule has 0 saturated carbocycles. The van der Waals surface area contributed by atoms with Crippen LogP contribution in [0.1, 0.15) is 29.2 Å². The molecule has 1 fully saturated rings. The standard InChI is InChI=1S/C23H24N4O3S/c1-26(22(29)11-15-5-6-21-19(10-15)25-23(30)31-21)20(14-27-8-7-18(28)13-27)17-4-2-3-16(9-17)12-24/h2-6,9-10,18,20,28H,7-8,11,13-14H2,1H3,(H,25,30)/t18-,20+/m0/s1. The van der Waals surface area contributed by atoms with E-state index in [1.54, 1.807) is 18.0 Å². The van der Waals surface area contributed by atoms with Crippen molar-refractivity contribution in [1.29, 1.82) is 5.26 Å². The van der Waals surface area contributed by atoms with Gasteiger partial charge in [-0.05, 0) is 41.8 Å². The Kier molecular flexibility index (Phi) is 6.18. The Labute approximate surface area is 184 Å². The zero-order valence-electron chi connectivity index (χ0n) is 17.2. The minimum absolute atomic E-state index is 0.0518. The molecule has 0 radical (unpaired) electrons. The van der Waals surface area contributed by atoms with Gasteiger partial charge in [0.25, 0.3) is 0 Å². The van der Waals surface area contributed by atoms with Gasteiger partial charge in [0, 0.05) is 26.7 Å². The van der Waals surface area contributed by atoms with Crippen LogP contribution in [0.4, 0.5) is 0 Å². The van der Waals surface area contributed by atoms with Crippen molar-refractivity contribution >= 4 is 27.5 Å². The van der Waals surface area contributed by atoms with Gasteiger partial charge in [0.2, 0.25) is 5.91 Å². The largest absolute Gasteiger partial charge is 0.392 e. The first-order valence-corrected chi connectivity index (χ1v) is 11.0. The van der Waals surface area contributed by atoms with E-state index in [1.807, 2.05) is 36.4 Å². The van der Waals surface area contributed by atoms with Crippen LogP contribution in [0.3, 0.4) is 0 Å². The Hall–Kier alpha value is -2.99. The fraction of sp³-hybridized carbons (Fsp3) is 0.348. The fourth-order valence-corrected chi connectivity index (χ4v) is 4.79. The van der Waals surface area contributed by atoms with Crippen LogP contribution in [-0.2, 0) is 11.2 Å². The number of hydrogen-bond donors (Lipinski definition) is 2. The van der Waals surface area contributed by atoms with Crippen LogP contribution < -0.4 is 4.87 Å². The van der Waals surface area contributed by atoms with E-state index in [1.165, 1.54) is 0 Å². The Balaban J connectivity index is 1.56. The van der Waals surface area contributed by atoms with Crippen LogP contribution in [0.15, 0.2) is 47.3 Å². The summed E-state index contributed by atoms with van der Waals surface area (Å²) in [7, 11) is 1.78. The number of aliphatic hydroxyl groups excluding tert-OH is 1. The summed E-state index contributed by atoms with van der Waals surface area (Å²) in [6.07, 6.45) is 0.592. The van der Waals surface area contributed by atoms with Gasteiger partial charge in [-0.15, -0.1) is 0 Å². The molecular weight excluding hydrogens is 412 g/mol. The number of H-pyrrole nitrogens is 1. The molecule has 1 amide bonds. The number of aliphatic hydroxyl groups is 1. The van der Waals surface area contributed by atoms with Crippen molar-refractivity contribution in [3.8, 4) is 6.07 Å². The average molecular weight is 437 g/mol. The second-order valence-corrected chi connectivity index (χ2v) is 9.00. The number of benzene rings is 2. The number of nitriles is 1. The number of amides is 1. The molecule has 2 heterocycles. The monoisotopic (exact) mass is 436 g/mol. The number of hydrogen-bond acceptors (Lipinski definition) is 6. The van der Waals surface area contributed by atoms with Gasteiger partial charge in [-0.25, -0.2) is 0 Å². The quantitative estimate of drug-likeness (QED) is 0.617. The van der Waals surface area contributed by atoms with E-state index in [-0.39, 0.29) is 29.3 Å². The number of carbonyl (C=O) groups is 1. The number of carbonyl (C=O) groups excluding carboxylic acids is 1. The maximum Gasteiger partial charge on any atom is 0.305 e. The van der Waals surface area contributed by atoms with Crippen molar-refractivity contribution < 1.29 is 9.90 Å². The first-order valence-electron chi connectivity index (χ1n) is 10.2. The van der Waals surface area contributed by atoms with Crippen molar-refractivity contribution in [3.63, 3.8) is 0 Å². The third-order valence-electron chi connectivity index (χ3n) is 5.78. The molecular formula is C23H24N4O3S. The molecule has 2 aromatic carbocycles. The maximum atomic E-state index is 13.2. The number of nitrogens with zero attached hydrogens (tertiary/aromatic N) is 3. The SMILES string of the molecule is CN(C(=O)Cc1ccc2sc(=O)[nH]c2c1)[C@H](CN1CC[C@H](O)C1)c1cccc(C#N)c1. The zero-order chi connectivity index (χ0) is 22.0. The van der Waals surface area contributed by atoms with Gasteiger partial charge in [0.1, 0.15) is 0 Å². The summed E-state index contributed by atoms with van der Waals surface area (Å²) in [6, 6.07) is 14.8. The summed E-state index contributed by atoms with van der Waals surface area (Å²) in [6.45, 7) is 1.95. The lowest BCUT2D eigenvalue weighted by Gasteiger charge is -2.32. The number of fused-ring (bicyclic) bond motifs is 1. The predicted molar refractivity (Wildman–Crippen MR) is 120 cm³/mol. The minimum atomic E-state index is -0.341. The number of aromatic amines is 1. The minimum Gasteiger partial charge on any atom is -0.392 e. The summed E-state index contributed by atoms with van der Waals surface area (Å²) < 4.78 is 0.869. The summed E-state index contributed by atoms with van der Waals surface area (Å²) in [5.41, 5.74) is 3.03. The Morgan fingerprint density at radius 1 is 1.39 bits per heavy atom. The first kappa shape index (κ1) is 21.2. The highest BCUT2D eigenvalue weighted by atomic mass is 32.1. The van der Waals surface area contributed by atoms with Crippen molar-refractivity contribution in [1.82, 2.24) is 14.8 Å². The molecule has 8 heteroatoms. The molecule has 1 aromatic heterocycles. The molecule has 3 aromatic rings. The van der Waals surface area contributed by atoms with E-state index in [4.69, 9.17) is 0 Å². The molecule has 0 unspecified atom stereocenters. The van der Waals surface area contributed by atoms with E-state index in [9.17, 15) is 20.0 Å². The Morgan fingerprint density at radius 2 is 2.23 bits per heavy atom. The molecule has 2 N–H and O–H groups in total. The number of β-amino-alcohol motifs (C(OH)–C–C–N with tert-alkyl or cyclic N) is 1. The first-order chi connectivity index (χ1) is 14.9. The lowest BCUT2D eigenvalue weighted by Crippen LogP contribution is -2.39. The smallest absolute Gasteiger partial charge is 0.305 e. The summed E-state index contributed by atoms with van der Waals surface area (Å²) in [4.78, 5) is 31.3. The van der Waals surface area contributed by atoms with Crippen molar-refractivity contribution in [3.05, 3.63) is 68.8 Å². The maximum absolute atomic E-state index is 13.2. The summed E-state index contributed by atoms with van der Waals surface area (Å²) in [5, 5.41) is 19.2. The van der Waals surface area contributed by atoms with Crippen LogP contribution in [0, 0.1) is 11.3 Å². The molecule has 1 aliphatic rings. The molecule has 1 aliphatic heterocycles. The molecule has 1 saturated heterocycles. The molecule has 2 atom stereocenters. The highest BCUT2D eigenvalue weighted by Gasteiger charge is 2.28. The summed E-state index contributed by atoms with van der Waals surface area (Å²) in [5.74, 6) is -0.0518. The van der Waals surface area contributed by atoms with Gasteiger partial charge in [0.05, 0.1) is 40.4 Å². The highest BCUT2D eigenvalue weighted by Crippen LogP contribution is 2.25. The number of likely N-dealkylation sites (tertiary alicyclic amines) is 1. The molecule has 31 heavy (non-hydrogen) atoms. The van der Waals surface area contributed by atoms with Crippen LogP contribution in [0.2, 0.25) is 0 Å². The third kappa shape index (κ3) is 4.85. The van der Waals surface area contributed by atoms with Gasteiger partial charge in [0.15, 0.2) is 0 Å². The van der Waals surface area contributed by atoms with Crippen LogP contribution >= 0.6 is 11.3 Å². The van der Waals surface area contributed by atoms with E-state index >= 15 is 0 Å². The molecule has 4 rings (SSSR count). The second kappa shape index (κ2) is 9.02. The van der Waals surface area contributed by atoms with Gasteiger partial charge in [-0.3, -0.25) is 14.5 Å².